The quantitative estimate of drug-likeness (QED) is 0.886. The highest BCUT2D eigenvalue weighted by molar-refractivity contribution is 7.10. The lowest BCUT2D eigenvalue weighted by atomic mass is 9.86. The van der Waals surface area contributed by atoms with Crippen molar-refractivity contribution in [3.63, 3.8) is 0 Å². The van der Waals surface area contributed by atoms with Crippen LogP contribution in [0.5, 0.6) is 0 Å². The van der Waals surface area contributed by atoms with Gasteiger partial charge >= 0.3 is 11.9 Å². The van der Waals surface area contributed by atoms with E-state index in [0.717, 1.165) is 10.6 Å². The van der Waals surface area contributed by atoms with Crippen LogP contribution >= 0.6 is 11.3 Å². The molecule has 1 aromatic heterocycles. The molecule has 21 heavy (non-hydrogen) atoms. The van der Waals surface area contributed by atoms with Gasteiger partial charge in [-0.3, -0.25) is 0 Å². The van der Waals surface area contributed by atoms with Crippen LogP contribution in [-0.2, 0) is 11.8 Å². The zero-order valence-corrected chi connectivity index (χ0v) is 12.5. The molecule has 0 bridgehead atoms. The van der Waals surface area contributed by atoms with Gasteiger partial charge in [0.2, 0.25) is 0 Å². The molecule has 0 atom stereocenters. The van der Waals surface area contributed by atoms with E-state index in [4.69, 9.17) is 10.2 Å². The van der Waals surface area contributed by atoms with Crippen LogP contribution in [0.25, 0.3) is 0 Å². The van der Waals surface area contributed by atoms with Crippen molar-refractivity contribution in [1.82, 2.24) is 4.98 Å². The minimum Gasteiger partial charge on any atom is -0.478 e. The van der Waals surface area contributed by atoms with Gasteiger partial charge in [-0.1, -0.05) is 26.0 Å². The van der Waals surface area contributed by atoms with Crippen LogP contribution in [-0.4, -0.2) is 27.1 Å². The summed E-state index contributed by atoms with van der Waals surface area (Å²) in [6, 6.07) is 6.75. The van der Waals surface area contributed by atoms with E-state index in [-0.39, 0.29) is 16.7 Å². The number of carbonyl (C=O) groups is 2. The molecule has 0 saturated carbocycles. The Morgan fingerprint density at radius 3 is 2.52 bits per heavy atom. The molecule has 2 aromatic rings. The van der Waals surface area contributed by atoms with Gasteiger partial charge in [-0.2, -0.15) is 0 Å². The highest BCUT2D eigenvalue weighted by atomic mass is 32.1. The Morgan fingerprint density at radius 2 is 1.95 bits per heavy atom. The van der Waals surface area contributed by atoms with Crippen LogP contribution in [0.15, 0.2) is 29.6 Å². The first-order valence-electron chi connectivity index (χ1n) is 6.31. The third-order valence-electron chi connectivity index (χ3n) is 3.12. The molecule has 1 heterocycles. The monoisotopic (exact) mass is 305 g/mol. The number of benzene rings is 1. The van der Waals surface area contributed by atoms with E-state index in [1.165, 1.54) is 16.7 Å². The molecular formula is C15H15NO4S. The Morgan fingerprint density at radius 1 is 1.24 bits per heavy atom. The lowest BCUT2D eigenvalue weighted by Gasteiger charge is -2.22. The maximum absolute atomic E-state index is 11.0. The first kappa shape index (κ1) is 15.2. The normalized spacial score (nSPS) is 11.3. The SMILES string of the molecule is CC(C)(Cc1cccc(C(=O)O)c1)c1nc(C(=O)O)cs1. The van der Waals surface area contributed by atoms with Crippen molar-refractivity contribution >= 4 is 23.3 Å². The van der Waals surface area contributed by atoms with E-state index in [2.05, 4.69) is 4.98 Å². The van der Waals surface area contributed by atoms with E-state index in [0.29, 0.717) is 6.42 Å². The first-order valence-corrected chi connectivity index (χ1v) is 7.19. The molecular weight excluding hydrogens is 290 g/mol. The average molecular weight is 305 g/mol. The molecule has 0 aliphatic heterocycles. The van der Waals surface area contributed by atoms with Crippen molar-refractivity contribution in [3.05, 3.63) is 51.5 Å². The molecule has 0 spiro atoms. The van der Waals surface area contributed by atoms with Crippen LogP contribution in [0, 0.1) is 0 Å². The summed E-state index contributed by atoms with van der Waals surface area (Å²) >= 11 is 1.31. The smallest absolute Gasteiger partial charge is 0.355 e. The largest absolute Gasteiger partial charge is 0.478 e. The number of thiazole rings is 1. The molecule has 0 unspecified atom stereocenters. The van der Waals surface area contributed by atoms with Crippen molar-refractivity contribution in [1.29, 1.82) is 0 Å². The summed E-state index contributed by atoms with van der Waals surface area (Å²) in [6.45, 7) is 3.93. The summed E-state index contributed by atoms with van der Waals surface area (Å²) in [6.07, 6.45) is 0.584. The van der Waals surface area contributed by atoms with Gasteiger partial charge in [0.25, 0.3) is 0 Å². The number of carboxylic acids is 2. The number of hydrogen-bond acceptors (Lipinski definition) is 4. The van der Waals surface area contributed by atoms with Crippen molar-refractivity contribution in [2.24, 2.45) is 0 Å². The van der Waals surface area contributed by atoms with Crippen molar-refractivity contribution < 1.29 is 19.8 Å². The fraction of sp³-hybridized carbons (Fsp3) is 0.267. The fourth-order valence-electron chi connectivity index (χ4n) is 2.08. The van der Waals surface area contributed by atoms with Gasteiger partial charge in [0.15, 0.2) is 5.69 Å². The van der Waals surface area contributed by atoms with Crippen LogP contribution in [0.2, 0.25) is 0 Å². The maximum atomic E-state index is 11.0. The second-order valence-corrected chi connectivity index (χ2v) is 6.27. The molecule has 0 aliphatic rings. The highest BCUT2D eigenvalue weighted by Gasteiger charge is 2.26. The van der Waals surface area contributed by atoms with Crippen molar-refractivity contribution in [3.8, 4) is 0 Å². The van der Waals surface area contributed by atoms with Crippen LogP contribution in [0.1, 0.15) is 45.3 Å². The number of rotatable bonds is 5. The molecule has 0 aliphatic carbocycles. The van der Waals surface area contributed by atoms with E-state index < -0.39 is 11.9 Å². The van der Waals surface area contributed by atoms with Gasteiger partial charge in [0.1, 0.15) is 0 Å². The van der Waals surface area contributed by atoms with Gasteiger partial charge in [0, 0.05) is 10.8 Å². The molecule has 6 heteroatoms. The van der Waals surface area contributed by atoms with Crippen LogP contribution in [0.4, 0.5) is 0 Å². The van der Waals surface area contributed by atoms with E-state index >= 15 is 0 Å². The Hall–Kier alpha value is -2.21. The van der Waals surface area contributed by atoms with Gasteiger partial charge < -0.3 is 10.2 Å². The molecule has 0 radical (unpaired) electrons. The first-order chi connectivity index (χ1) is 9.79. The molecule has 5 nitrogen and oxygen atoms in total. The van der Waals surface area contributed by atoms with Gasteiger partial charge in [-0.15, -0.1) is 11.3 Å². The molecule has 0 saturated heterocycles. The lowest BCUT2D eigenvalue weighted by Crippen LogP contribution is -2.21. The zero-order chi connectivity index (χ0) is 15.6. The number of aromatic nitrogens is 1. The Balaban J connectivity index is 2.25. The maximum Gasteiger partial charge on any atom is 0.355 e. The number of carboxylic acid groups (broad SMARTS) is 2. The van der Waals surface area contributed by atoms with Gasteiger partial charge in [0.05, 0.1) is 10.6 Å². The molecule has 2 rings (SSSR count). The van der Waals surface area contributed by atoms with Gasteiger partial charge in [-0.25, -0.2) is 14.6 Å². The van der Waals surface area contributed by atoms with E-state index in [1.54, 1.807) is 18.2 Å². The third kappa shape index (κ3) is 3.46. The van der Waals surface area contributed by atoms with E-state index in [9.17, 15) is 9.59 Å². The number of hydrogen-bond donors (Lipinski definition) is 2. The Labute approximate surface area is 125 Å². The van der Waals surface area contributed by atoms with Crippen LogP contribution in [0.3, 0.4) is 0 Å². The second kappa shape index (κ2) is 5.65. The zero-order valence-electron chi connectivity index (χ0n) is 11.7. The van der Waals surface area contributed by atoms with Gasteiger partial charge in [-0.05, 0) is 24.1 Å². The number of aromatic carboxylic acids is 2. The van der Waals surface area contributed by atoms with E-state index in [1.807, 2.05) is 19.9 Å². The standard InChI is InChI=1S/C15H15NO4S/c1-15(2,14-16-11(8-21-14)13(19)20)7-9-4-3-5-10(6-9)12(17)18/h3-6,8H,7H2,1-2H3,(H,17,18)(H,19,20). The molecule has 0 fully saturated rings. The molecule has 2 N–H and O–H groups in total. The topological polar surface area (TPSA) is 87.5 Å². The predicted octanol–water partition coefficient (Wildman–Crippen LogP) is 3.06. The second-order valence-electron chi connectivity index (χ2n) is 5.41. The summed E-state index contributed by atoms with van der Waals surface area (Å²) in [5.74, 6) is -2.00. The number of nitrogens with zero attached hydrogens (tertiary/aromatic N) is 1. The third-order valence-corrected chi connectivity index (χ3v) is 4.33. The minimum absolute atomic E-state index is 0.0439. The minimum atomic E-state index is -1.04. The lowest BCUT2D eigenvalue weighted by molar-refractivity contribution is 0.0682. The Kier molecular flexibility index (Phi) is 4.09. The summed E-state index contributed by atoms with van der Waals surface area (Å²) in [7, 11) is 0. The summed E-state index contributed by atoms with van der Waals surface area (Å²) in [4.78, 5) is 26.0. The van der Waals surface area contributed by atoms with Crippen LogP contribution < -0.4 is 0 Å². The predicted molar refractivity (Wildman–Crippen MR) is 79.2 cm³/mol. The fourth-order valence-corrected chi connectivity index (χ4v) is 3.00. The summed E-state index contributed by atoms with van der Waals surface area (Å²) in [5, 5.41) is 20.2. The molecule has 110 valence electrons. The average Bonchev–Trinajstić information content (AvgIpc) is 2.89. The molecule has 1 aromatic carbocycles. The Bertz CT molecular complexity index is 690. The summed E-state index contributed by atoms with van der Waals surface area (Å²) < 4.78 is 0. The highest BCUT2D eigenvalue weighted by Crippen LogP contribution is 2.30. The molecule has 0 amide bonds. The van der Waals surface area contributed by atoms with Crippen molar-refractivity contribution in [2.45, 2.75) is 25.7 Å². The summed E-state index contributed by atoms with van der Waals surface area (Å²) in [5.41, 5.74) is 0.804. The van der Waals surface area contributed by atoms with Crippen molar-refractivity contribution in [2.75, 3.05) is 0 Å².